The molecule has 1 N–H and O–H groups in total. The van der Waals surface area contributed by atoms with Crippen LogP contribution in [0, 0.1) is 27.3 Å². The Balaban J connectivity index is 2.10. The van der Waals surface area contributed by atoms with Gasteiger partial charge in [0.15, 0.2) is 0 Å². The Kier molecular flexibility index (Phi) is 3.43. The maximum atomic E-state index is 12.9. The smallest absolute Gasteiger partial charge is 0.404 e. The third-order valence-corrected chi connectivity index (χ3v) is 2.38. The van der Waals surface area contributed by atoms with Crippen LogP contribution in [0.5, 0.6) is 0 Å². The number of furan rings is 1. The minimum Gasteiger partial charge on any atom is -0.404 e. The third-order valence-electron chi connectivity index (χ3n) is 2.38. The second kappa shape index (κ2) is 5.18. The van der Waals surface area contributed by atoms with E-state index in [1.165, 1.54) is 24.3 Å². The minimum atomic E-state index is -0.637. The van der Waals surface area contributed by atoms with Gasteiger partial charge >= 0.3 is 5.88 Å². The Morgan fingerprint density at radius 1 is 1.42 bits per heavy atom. The van der Waals surface area contributed by atoms with E-state index in [0.717, 1.165) is 6.07 Å². The fourth-order valence-electron chi connectivity index (χ4n) is 1.51. The Hall–Kier alpha value is -2.88. The highest BCUT2D eigenvalue weighted by Gasteiger charge is 2.12. The van der Waals surface area contributed by atoms with Crippen LogP contribution in [0.4, 0.5) is 16.0 Å². The molecule has 0 saturated heterocycles. The summed E-state index contributed by atoms with van der Waals surface area (Å²) in [5.74, 6) is -0.507. The van der Waals surface area contributed by atoms with E-state index >= 15 is 0 Å². The van der Waals surface area contributed by atoms with Gasteiger partial charge in [-0.1, -0.05) is 0 Å². The molecule has 96 valence electrons. The first kappa shape index (κ1) is 12.6. The zero-order valence-electron chi connectivity index (χ0n) is 9.59. The lowest BCUT2D eigenvalue weighted by Crippen LogP contribution is -2.00. The zero-order chi connectivity index (χ0) is 13.8. The van der Waals surface area contributed by atoms with Crippen LogP contribution in [0.1, 0.15) is 11.3 Å². The van der Waals surface area contributed by atoms with Crippen LogP contribution in [0.3, 0.4) is 0 Å². The second-order valence-electron chi connectivity index (χ2n) is 3.65. The highest BCUT2D eigenvalue weighted by molar-refractivity contribution is 5.57. The highest BCUT2D eigenvalue weighted by Crippen LogP contribution is 2.19. The summed E-state index contributed by atoms with van der Waals surface area (Å²) in [7, 11) is 0. The molecule has 0 saturated carbocycles. The van der Waals surface area contributed by atoms with E-state index in [4.69, 9.17) is 9.68 Å². The molecule has 2 rings (SSSR count). The molecule has 0 aliphatic rings. The van der Waals surface area contributed by atoms with Gasteiger partial charge in [0.1, 0.15) is 22.6 Å². The second-order valence-corrected chi connectivity index (χ2v) is 3.65. The van der Waals surface area contributed by atoms with Crippen LogP contribution in [-0.4, -0.2) is 4.92 Å². The summed E-state index contributed by atoms with van der Waals surface area (Å²) >= 11 is 0. The van der Waals surface area contributed by atoms with Crippen molar-refractivity contribution >= 4 is 11.6 Å². The number of hydrogen-bond donors (Lipinski definition) is 1. The number of nitrogens with one attached hydrogen (secondary N) is 1. The quantitative estimate of drug-likeness (QED) is 0.674. The number of anilines is 1. The number of nitrogens with zero attached hydrogens (tertiary/aromatic N) is 2. The van der Waals surface area contributed by atoms with Crippen molar-refractivity contribution in [2.24, 2.45) is 0 Å². The summed E-state index contributed by atoms with van der Waals surface area (Å²) in [6.45, 7) is 0.161. The minimum absolute atomic E-state index is 0.154. The lowest BCUT2D eigenvalue weighted by atomic mass is 10.2. The molecule has 0 spiro atoms. The van der Waals surface area contributed by atoms with E-state index in [1.807, 2.05) is 6.07 Å². The number of hydrogen-bond acceptors (Lipinski definition) is 5. The van der Waals surface area contributed by atoms with Crippen LogP contribution >= 0.6 is 0 Å². The molecule has 0 unspecified atom stereocenters. The van der Waals surface area contributed by atoms with Crippen LogP contribution in [-0.2, 0) is 6.54 Å². The van der Waals surface area contributed by atoms with Crippen molar-refractivity contribution in [3.63, 3.8) is 0 Å². The fraction of sp³-hybridized carbons (Fsp3) is 0.0833. The van der Waals surface area contributed by atoms with Gasteiger partial charge < -0.3 is 9.73 Å². The topological polar surface area (TPSA) is 92.1 Å². The maximum absolute atomic E-state index is 12.9. The van der Waals surface area contributed by atoms with Crippen molar-refractivity contribution in [1.82, 2.24) is 0 Å². The Labute approximate surface area is 107 Å². The van der Waals surface area contributed by atoms with Gasteiger partial charge in [0, 0.05) is 0 Å². The summed E-state index contributed by atoms with van der Waals surface area (Å²) in [4.78, 5) is 9.80. The molecular weight excluding hydrogens is 253 g/mol. The molecule has 0 aliphatic heterocycles. The van der Waals surface area contributed by atoms with Crippen molar-refractivity contribution in [3.8, 4) is 6.07 Å². The first-order valence-corrected chi connectivity index (χ1v) is 5.27. The van der Waals surface area contributed by atoms with Crippen molar-refractivity contribution in [1.29, 1.82) is 5.26 Å². The van der Waals surface area contributed by atoms with Crippen molar-refractivity contribution < 1.29 is 13.7 Å². The van der Waals surface area contributed by atoms with Crippen LogP contribution in [0.15, 0.2) is 34.7 Å². The lowest BCUT2D eigenvalue weighted by molar-refractivity contribution is -0.402. The summed E-state index contributed by atoms with van der Waals surface area (Å²) in [6, 6.07) is 8.30. The average Bonchev–Trinajstić information content (AvgIpc) is 2.86. The fourth-order valence-corrected chi connectivity index (χ4v) is 1.51. The summed E-state index contributed by atoms with van der Waals surface area (Å²) in [5.41, 5.74) is 0.587. The molecule has 0 amide bonds. The highest BCUT2D eigenvalue weighted by atomic mass is 19.1. The van der Waals surface area contributed by atoms with E-state index < -0.39 is 10.7 Å². The Morgan fingerprint density at radius 3 is 2.84 bits per heavy atom. The number of nitro groups is 1. The van der Waals surface area contributed by atoms with Gasteiger partial charge in [0.25, 0.3) is 0 Å². The SMILES string of the molecule is N#Cc1cc(F)ccc1NCc1ccc([N+](=O)[O-])o1. The summed E-state index contributed by atoms with van der Waals surface area (Å²) < 4.78 is 17.9. The monoisotopic (exact) mass is 261 g/mol. The molecule has 0 bridgehead atoms. The summed E-state index contributed by atoms with van der Waals surface area (Å²) in [6.07, 6.45) is 0. The Morgan fingerprint density at radius 2 is 2.21 bits per heavy atom. The predicted octanol–water partition coefficient (Wildman–Crippen LogP) is 2.81. The maximum Gasteiger partial charge on any atom is 0.433 e. The standard InChI is InChI=1S/C12H8FN3O3/c13-9-1-3-11(8(5-9)6-14)15-7-10-2-4-12(19-10)16(17)18/h1-5,15H,7H2. The average molecular weight is 261 g/mol. The molecule has 0 aliphatic carbocycles. The zero-order valence-corrected chi connectivity index (χ0v) is 9.59. The predicted molar refractivity (Wildman–Crippen MR) is 63.8 cm³/mol. The molecule has 0 atom stereocenters. The molecule has 1 aromatic carbocycles. The molecule has 6 nitrogen and oxygen atoms in total. The van der Waals surface area contributed by atoms with Gasteiger partial charge in [-0.15, -0.1) is 0 Å². The van der Waals surface area contributed by atoms with Crippen LogP contribution in [0.2, 0.25) is 0 Å². The van der Waals surface area contributed by atoms with Gasteiger partial charge in [-0.05, 0) is 24.3 Å². The van der Waals surface area contributed by atoms with Crippen LogP contribution in [0.25, 0.3) is 0 Å². The van der Waals surface area contributed by atoms with Gasteiger partial charge in [-0.3, -0.25) is 10.1 Å². The first-order chi connectivity index (χ1) is 9.10. The van der Waals surface area contributed by atoms with E-state index in [9.17, 15) is 14.5 Å². The molecule has 7 heteroatoms. The Bertz CT molecular complexity index is 660. The van der Waals surface area contributed by atoms with Gasteiger partial charge in [0.2, 0.25) is 0 Å². The normalized spacial score (nSPS) is 9.89. The molecular formula is C12H8FN3O3. The number of halogens is 1. The molecule has 1 aromatic heterocycles. The lowest BCUT2D eigenvalue weighted by Gasteiger charge is -2.06. The van der Waals surface area contributed by atoms with Gasteiger partial charge in [-0.2, -0.15) is 5.26 Å². The molecule has 0 fully saturated rings. The van der Waals surface area contributed by atoms with Crippen molar-refractivity contribution in [2.45, 2.75) is 6.54 Å². The van der Waals surface area contributed by atoms with E-state index in [1.54, 1.807) is 0 Å². The van der Waals surface area contributed by atoms with Crippen molar-refractivity contribution in [3.05, 3.63) is 57.6 Å². The molecule has 0 radical (unpaired) electrons. The molecule has 1 heterocycles. The summed E-state index contributed by atoms with van der Waals surface area (Å²) in [5, 5.41) is 22.1. The number of nitriles is 1. The van der Waals surface area contributed by atoms with Gasteiger partial charge in [-0.25, -0.2) is 4.39 Å². The van der Waals surface area contributed by atoms with E-state index in [-0.39, 0.29) is 18.0 Å². The number of rotatable bonds is 4. The largest absolute Gasteiger partial charge is 0.433 e. The van der Waals surface area contributed by atoms with E-state index in [0.29, 0.717) is 11.4 Å². The van der Waals surface area contributed by atoms with Crippen LogP contribution < -0.4 is 5.32 Å². The van der Waals surface area contributed by atoms with Crippen molar-refractivity contribution in [2.75, 3.05) is 5.32 Å². The van der Waals surface area contributed by atoms with E-state index in [2.05, 4.69) is 5.32 Å². The number of benzene rings is 1. The first-order valence-electron chi connectivity index (χ1n) is 5.27. The third kappa shape index (κ3) is 2.87. The molecule has 19 heavy (non-hydrogen) atoms. The van der Waals surface area contributed by atoms with Gasteiger partial charge in [0.05, 0.1) is 23.9 Å². The molecule has 2 aromatic rings.